The minimum atomic E-state index is -5.53. The van der Waals surface area contributed by atoms with Crippen LogP contribution in [0.4, 0.5) is 34.8 Å². The van der Waals surface area contributed by atoms with Gasteiger partial charge in [0.1, 0.15) is 11.6 Å². The van der Waals surface area contributed by atoms with Crippen molar-refractivity contribution in [2.75, 3.05) is 16.4 Å². The Morgan fingerprint density at radius 3 is 2.42 bits per heavy atom. The lowest BCUT2D eigenvalue weighted by Crippen LogP contribution is -2.55. The van der Waals surface area contributed by atoms with Crippen LogP contribution in [0.1, 0.15) is 30.5 Å². The number of halogens is 4. The van der Waals surface area contributed by atoms with Gasteiger partial charge in [-0.15, -0.1) is 0 Å². The van der Waals surface area contributed by atoms with Crippen LogP contribution in [0.25, 0.3) is 10.8 Å². The van der Waals surface area contributed by atoms with E-state index in [0.717, 1.165) is 12.1 Å². The van der Waals surface area contributed by atoms with Crippen molar-refractivity contribution in [1.82, 2.24) is 10.3 Å². The van der Waals surface area contributed by atoms with Gasteiger partial charge in [-0.2, -0.15) is 13.2 Å². The molecule has 0 saturated heterocycles. The number of hydrogen-bond donors (Lipinski definition) is 4. The van der Waals surface area contributed by atoms with Gasteiger partial charge in [0.05, 0.1) is 5.56 Å². The van der Waals surface area contributed by atoms with E-state index in [1.165, 1.54) is 43.5 Å². The number of benzene rings is 3. The molecule has 43 heavy (non-hydrogen) atoms. The summed E-state index contributed by atoms with van der Waals surface area (Å²) >= 11 is 0. The molecule has 1 heterocycles. The number of carbonyl (C=O) groups is 3. The van der Waals surface area contributed by atoms with Crippen molar-refractivity contribution in [1.29, 1.82) is 0 Å². The molecular formula is C30H27F4N5O4. The highest BCUT2D eigenvalue weighted by Gasteiger charge is 2.53. The zero-order chi connectivity index (χ0) is 31.4. The van der Waals surface area contributed by atoms with Crippen LogP contribution in [0.15, 0.2) is 72.9 Å². The highest BCUT2D eigenvalue weighted by molar-refractivity contribution is 5.96. The van der Waals surface area contributed by atoms with E-state index in [0.29, 0.717) is 34.0 Å². The summed E-state index contributed by atoms with van der Waals surface area (Å²) in [6, 6.07) is 15.7. The predicted molar refractivity (Wildman–Crippen MR) is 152 cm³/mol. The standard InChI is InChI=1S/C30H27F4N5O4/c1-3-18-7-10-25(31)24(14-18)29(43-28(42)30(32,33)34,39-22-8-9-23-20(15-22)11-12-36-26(23)35)27(41)37-16-19-5-4-6-21(13-19)38-17(2)40/h4-15,39H,3,16H2,1-2H3,(H2,35,36)(H,37,41)(H,38,40). The number of nitrogens with one attached hydrogen (secondary N) is 3. The van der Waals surface area contributed by atoms with Crippen molar-refractivity contribution < 1.29 is 36.7 Å². The first kappa shape index (κ1) is 30.8. The maximum Gasteiger partial charge on any atom is 0.491 e. The molecule has 0 aliphatic rings. The number of esters is 1. The summed E-state index contributed by atoms with van der Waals surface area (Å²) in [5.41, 5.74) is 3.54. The fourth-order valence-corrected chi connectivity index (χ4v) is 4.38. The van der Waals surface area contributed by atoms with Crippen molar-refractivity contribution in [3.8, 4) is 0 Å². The summed E-state index contributed by atoms with van der Waals surface area (Å²) in [6.07, 6.45) is -3.79. The number of nitrogen functional groups attached to an aromatic ring is 1. The minimum absolute atomic E-state index is 0.0113. The summed E-state index contributed by atoms with van der Waals surface area (Å²) in [6.45, 7) is 2.74. The van der Waals surface area contributed by atoms with E-state index in [2.05, 4.69) is 20.9 Å². The average Bonchev–Trinajstić information content (AvgIpc) is 2.95. The molecule has 0 bridgehead atoms. The monoisotopic (exact) mass is 597 g/mol. The average molecular weight is 598 g/mol. The van der Waals surface area contributed by atoms with Gasteiger partial charge in [-0.05, 0) is 71.5 Å². The molecule has 0 fully saturated rings. The molecular weight excluding hydrogens is 570 g/mol. The lowest BCUT2D eigenvalue weighted by molar-refractivity contribution is -0.213. The summed E-state index contributed by atoms with van der Waals surface area (Å²) in [4.78, 5) is 41.7. The van der Waals surface area contributed by atoms with Crippen LogP contribution < -0.4 is 21.7 Å². The highest BCUT2D eigenvalue weighted by Crippen LogP contribution is 2.35. The van der Waals surface area contributed by atoms with E-state index < -0.39 is 35.2 Å². The van der Waals surface area contributed by atoms with Crippen molar-refractivity contribution >= 4 is 45.7 Å². The van der Waals surface area contributed by atoms with E-state index in [9.17, 15) is 27.6 Å². The SMILES string of the molecule is CCc1ccc(F)c(C(Nc2ccc3c(N)nccc3c2)(OC(=O)C(F)(F)F)C(=O)NCc2cccc(NC(C)=O)c2)c1. The Kier molecular flexibility index (Phi) is 8.83. The van der Waals surface area contributed by atoms with Crippen LogP contribution in [0.3, 0.4) is 0 Å². The van der Waals surface area contributed by atoms with E-state index in [-0.39, 0.29) is 24.0 Å². The van der Waals surface area contributed by atoms with Gasteiger partial charge in [0.25, 0.3) is 11.6 Å². The quantitative estimate of drug-likeness (QED) is 0.119. The number of rotatable bonds is 9. The number of hydrogen-bond acceptors (Lipinski definition) is 7. The summed E-state index contributed by atoms with van der Waals surface area (Å²) in [5, 5.41) is 8.61. The first-order valence-electron chi connectivity index (χ1n) is 13.0. The Morgan fingerprint density at radius 2 is 1.72 bits per heavy atom. The van der Waals surface area contributed by atoms with Crippen LogP contribution in [-0.2, 0) is 37.8 Å². The molecule has 0 aliphatic heterocycles. The van der Waals surface area contributed by atoms with Gasteiger partial charge in [0, 0.05) is 36.4 Å². The smallest absolute Gasteiger partial charge is 0.418 e. The van der Waals surface area contributed by atoms with E-state index >= 15 is 4.39 Å². The van der Waals surface area contributed by atoms with Gasteiger partial charge in [-0.3, -0.25) is 9.59 Å². The van der Waals surface area contributed by atoms with Crippen molar-refractivity contribution in [3.05, 3.63) is 95.4 Å². The third-order valence-electron chi connectivity index (χ3n) is 6.43. The Balaban J connectivity index is 1.85. The number of ether oxygens (including phenoxy) is 1. The molecule has 1 aromatic heterocycles. The second-order valence-corrected chi connectivity index (χ2v) is 9.56. The van der Waals surface area contributed by atoms with E-state index in [4.69, 9.17) is 10.5 Å². The fraction of sp³-hybridized carbons (Fsp3) is 0.200. The van der Waals surface area contributed by atoms with Crippen LogP contribution in [-0.4, -0.2) is 28.9 Å². The molecule has 1 atom stereocenters. The first-order valence-corrected chi connectivity index (χ1v) is 13.0. The van der Waals surface area contributed by atoms with Crippen LogP contribution in [0.5, 0.6) is 0 Å². The van der Waals surface area contributed by atoms with Crippen LogP contribution >= 0.6 is 0 Å². The Bertz CT molecular complexity index is 1700. The normalized spacial score (nSPS) is 12.7. The number of anilines is 3. The van der Waals surface area contributed by atoms with E-state index in [1.54, 1.807) is 31.2 Å². The number of alkyl halides is 3. The zero-order valence-electron chi connectivity index (χ0n) is 23.0. The van der Waals surface area contributed by atoms with Crippen LogP contribution in [0.2, 0.25) is 0 Å². The summed E-state index contributed by atoms with van der Waals surface area (Å²) in [5.74, 6) is -5.28. The number of amides is 2. The molecule has 3 aromatic carbocycles. The minimum Gasteiger partial charge on any atom is -0.418 e. The second-order valence-electron chi connectivity index (χ2n) is 9.56. The van der Waals surface area contributed by atoms with Gasteiger partial charge in [0.15, 0.2) is 0 Å². The molecule has 0 saturated carbocycles. The molecule has 13 heteroatoms. The van der Waals surface area contributed by atoms with E-state index in [1.807, 2.05) is 0 Å². The van der Waals surface area contributed by atoms with Crippen molar-refractivity contribution in [3.63, 3.8) is 0 Å². The van der Waals surface area contributed by atoms with Gasteiger partial charge >= 0.3 is 12.1 Å². The largest absolute Gasteiger partial charge is 0.491 e. The third kappa shape index (κ3) is 7.00. The lowest BCUT2D eigenvalue weighted by atomic mass is 9.96. The Hall–Kier alpha value is -5.20. The number of nitrogens with two attached hydrogens (primary N) is 1. The third-order valence-corrected chi connectivity index (χ3v) is 6.43. The predicted octanol–water partition coefficient (Wildman–Crippen LogP) is 5.16. The number of aromatic nitrogens is 1. The van der Waals surface area contributed by atoms with Crippen LogP contribution in [0, 0.1) is 5.82 Å². The Labute approximate surface area is 243 Å². The summed E-state index contributed by atoms with van der Waals surface area (Å²) < 4.78 is 61.2. The molecule has 0 aliphatic carbocycles. The van der Waals surface area contributed by atoms with Gasteiger partial charge in [0.2, 0.25) is 5.91 Å². The fourth-order valence-electron chi connectivity index (χ4n) is 4.38. The number of fused-ring (bicyclic) bond motifs is 1. The molecule has 9 nitrogen and oxygen atoms in total. The maximum absolute atomic E-state index is 15.5. The first-order chi connectivity index (χ1) is 20.3. The number of nitrogens with zero attached hydrogens (tertiary/aromatic N) is 1. The number of pyridine rings is 1. The molecule has 2 amide bonds. The van der Waals surface area contributed by atoms with Crippen molar-refractivity contribution in [2.24, 2.45) is 0 Å². The number of aryl methyl sites for hydroxylation is 1. The Morgan fingerprint density at radius 1 is 0.953 bits per heavy atom. The molecule has 1 unspecified atom stereocenters. The maximum atomic E-state index is 15.5. The molecule has 224 valence electrons. The van der Waals surface area contributed by atoms with Crippen molar-refractivity contribution in [2.45, 2.75) is 38.7 Å². The lowest BCUT2D eigenvalue weighted by Gasteiger charge is -2.34. The molecule has 0 radical (unpaired) electrons. The number of carbonyl (C=O) groups excluding carboxylic acids is 3. The molecule has 4 aromatic rings. The molecule has 0 spiro atoms. The molecule has 4 rings (SSSR count). The summed E-state index contributed by atoms with van der Waals surface area (Å²) in [7, 11) is 0. The topological polar surface area (TPSA) is 135 Å². The zero-order valence-corrected chi connectivity index (χ0v) is 23.0. The van der Waals surface area contributed by atoms with Gasteiger partial charge in [-0.25, -0.2) is 14.2 Å². The second kappa shape index (κ2) is 12.3. The molecule has 5 N–H and O–H groups in total. The highest BCUT2D eigenvalue weighted by atomic mass is 19.4. The van der Waals surface area contributed by atoms with Gasteiger partial charge < -0.3 is 26.4 Å². The van der Waals surface area contributed by atoms with Gasteiger partial charge in [-0.1, -0.05) is 25.1 Å².